The lowest BCUT2D eigenvalue weighted by atomic mass is 9.83. The normalized spacial score (nSPS) is 31.3. The van der Waals surface area contributed by atoms with Gasteiger partial charge in [0.2, 0.25) is 0 Å². The number of aliphatic hydroxyl groups is 1. The summed E-state index contributed by atoms with van der Waals surface area (Å²) in [5.74, 6) is -0.790. The van der Waals surface area contributed by atoms with Crippen molar-refractivity contribution < 1.29 is 19.4 Å². The first-order valence-electron chi connectivity index (χ1n) is 5.53. The van der Waals surface area contributed by atoms with Gasteiger partial charge in [0.25, 0.3) is 0 Å². The number of ether oxygens (including phenoxy) is 2. The average Bonchev–Trinajstić information content (AvgIpc) is 2.22. The number of carbonyl (C=O) groups excluding carboxylic acids is 1. The van der Waals surface area contributed by atoms with Crippen molar-refractivity contribution in [1.82, 2.24) is 0 Å². The van der Waals surface area contributed by atoms with Crippen molar-refractivity contribution in [3.05, 3.63) is 0 Å². The van der Waals surface area contributed by atoms with Crippen LogP contribution in [0.15, 0.2) is 0 Å². The van der Waals surface area contributed by atoms with Gasteiger partial charge >= 0.3 is 5.97 Å². The molecule has 0 aromatic carbocycles. The highest BCUT2D eigenvalue weighted by molar-refractivity contribution is 5.69. The third-order valence-electron chi connectivity index (χ3n) is 2.98. The van der Waals surface area contributed by atoms with Crippen molar-refractivity contribution in [2.45, 2.75) is 44.8 Å². The van der Waals surface area contributed by atoms with Gasteiger partial charge in [-0.1, -0.05) is 0 Å². The molecule has 1 fully saturated rings. The standard InChI is InChI=1S/C11H20O4/c1-3-15-11(13)6-4-9(5-7-11)8-10(12)14-2/h9,13H,3-8H2,1-2H3. The van der Waals surface area contributed by atoms with Crippen LogP contribution in [0.25, 0.3) is 0 Å². The maximum atomic E-state index is 11.1. The SMILES string of the molecule is CCOC1(O)CCC(CC(=O)OC)CC1. The quantitative estimate of drug-likeness (QED) is 0.571. The average molecular weight is 216 g/mol. The Bertz CT molecular complexity index is 207. The summed E-state index contributed by atoms with van der Waals surface area (Å²) in [4.78, 5) is 11.1. The molecule has 1 rings (SSSR count). The molecular formula is C11H20O4. The molecule has 0 spiro atoms. The van der Waals surface area contributed by atoms with E-state index in [1.807, 2.05) is 6.92 Å². The first kappa shape index (κ1) is 12.5. The van der Waals surface area contributed by atoms with Crippen LogP contribution in [0.1, 0.15) is 39.0 Å². The van der Waals surface area contributed by atoms with E-state index in [4.69, 9.17) is 4.74 Å². The van der Waals surface area contributed by atoms with Gasteiger partial charge in [-0.05, 0) is 25.7 Å². The van der Waals surface area contributed by atoms with Gasteiger partial charge in [0.15, 0.2) is 5.79 Å². The molecule has 0 bridgehead atoms. The zero-order valence-electron chi connectivity index (χ0n) is 9.49. The predicted octanol–water partition coefficient (Wildman–Crippen LogP) is 1.46. The van der Waals surface area contributed by atoms with Gasteiger partial charge in [0.1, 0.15) is 0 Å². The van der Waals surface area contributed by atoms with Gasteiger partial charge in [-0.2, -0.15) is 0 Å². The zero-order valence-corrected chi connectivity index (χ0v) is 9.49. The van der Waals surface area contributed by atoms with Crippen molar-refractivity contribution >= 4 is 5.97 Å². The summed E-state index contributed by atoms with van der Waals surface area (Å²) in [6.07, 6.45) is 3.33. The molecule has 0 saturated heterocycles. The maximum Gasteiger partial charge on any atom is 0.305 e. The van der Waals surface area contributed by atoms with Crippen LogP contribution in [0.2, 0.25) is 0 Å². The fourth-order valence-electron chi connectivity index (χ4n) is 2.06. The van der Waals surface area contributed by atoms with Crippen molar-refractivity contribution in [2.24, 2.45) is 5.92 Å². The number of methoxy groups -OCH3 is 1. The lowest BCUT2D eigenvalue weighted by Crippen LogP contribution is -2.37. The van der Waals surface area contributed by atoms with Crippen LogP contribution in [0.5, 0.6) is 0 Å². The van der Waals surface area contributed by atoms with Gasteiger partial charge in [-0.25, -0.2) is 0 Å². The van der Waals surface area contributed by atoms with Crippen LogP contribution >= 0.6 is 0 Å². The summed E-state index contributed by atoms with van der Waals surface area (Å²) in [5.41, 5.74) is 0. The Hall–Kier alpha value is -0.610. The highest BCUT2D eigenvalue weighted by Gasteiger charge is 2.34. The topological polar surface area (TPSA) is 55.8 Å². The minimum atomic E-state index is -0.957. The van der Waals surface area contributed by atoms with Crippen molar-refractivity contribution in [2.75, 3.05) is 13.7 Å². The molecule has 0 aromatic rings. The molecule has 88 valence electrons. The first-order chi connectivity index (χ1) is 7.09. The Morgan fingerprint density at radius 1 is 1.47 bits per heavy atom. The zero-order chi connectivity index (χ0) is 11.3. The molecule has 0 amide bonds. The second-order valence-electron chi connectivity index (χ2n) is 4.10. The fourth-order valence-corrected chi connectivity index (χ4v) is 2.06. The van der Waals surface area contributed by atoms with E-state index in [-0.39, 0.29) is 5.97 Å². The van der Waals surface area contributed by atoms with E-state index in [1.165, 1.54) is 7.11 Å². The van der Waals surface area contributed by atoms with E-state index >= 15 is 0 Å². The van der Waals surface area contributed by atoms with E-state index in [0.29, 0.717) is 31.8 Å². The lowest BCUT2D eigenvalue weighted by molar-refractivity contribution is -0.222. The number of esters is 1. The molecular weight excluding hydrogens is 196 g/mol. The van der Waals surface area contributed by atoms with E-state index in [2.05, 4.69) is 4.74 Å². The molecule has 1 N–H and O–H groups in total. The summed E-state index contributed by atoms with van der Waals surface area (Å²) in [5, 5.41) is 9.94. The molecule has 4 heteroatoms. The van der Waals surface area contributed by atoms with Gasteiger partial charge in [0.05, 0.1) is 7.11 Å². The smallest absolute Gasteiger partial charge is 0.305 e. The third-order valence-corrected chi connectivity index (χ3v) is 2.98. The number of hydrogen-bond acceptors (Lipinski definition) is 4. The van der Waals surface area contributed by atoms with Gasteiger partial charge in [0, 0.05) is 25.9 Å². The molecule has 0 heterocycles. The summed E-state index contributed by atoms with van der Waals surface area (Å²) in [6, 6.07) is 0. The van der Waals surface area contributed by atoms with E-state index in [1.54, 1.807) is 0 Å². The Labute approximate surface area is 90.6 Å². The van der Waals surface area contributed by atoms with Crippen LogP contribution in [0.4, 0.5) is 0 Å². The predicted molar refractivity (Wildman–Crippen MR) is 55.2 cm³/mol. The van der Waals surface area contributed by atoms with Crippen LogP contribution in [0, 0.1) is 5.92 Å². The summed E-state index contributed by atoms with van der Waals surface area (Å²) in [6.45, 7) is 2.40. The maximum absolute atomic E-state index is 11.1. The van der Waals surface area contributed by atoms with Crippen LogP contribution in [-0.2, 0) is 14.3 Å². The molecule has 4 nitrogen and oxygen atoms in total. The lowest BCUT2D eigenvalue weighted by Gasteiger charge is -2.35. The van der Waals surface area contributed by atoms with E-state index in [9.17, 15) is 9.90 Å². The number of carbonyl (C=O) groups is 1. The molecule has 0 unspecified atom stereocenters. The van der Waals surface area contributed by atoms with Crippen molar-refractivity contribution in [3.63, 3.8) is 0 Å². The fraction of sp³-hybridized carbons (Fsp3) is 0.909. The van der Waals surface area contributed by atoms with Crippen LogP contribution in [0.3, 0.4) is 0 Å². The van der Waals surface area contributed by atoms with Crippen LogP contribution < -0.4 is 0 Å². The molecule has 0 atom stereocenters. The largest absolute Gasteiger partial charge is 0.469 e. The van der Waals surface area contributed by atoms with E-state index < -0.39 is 5.79 Å². The molecule has 1 aliphatic carbocycles. The van der Waals surface area contributed by atoms with Gasteiger partial charge < -0.3 is 14.6 Å². The minimum absolute atomic E-state index is 0.165. The monoisotopic (exact) mass is 216 g/mol. The van der Waals surface area contributed by atoms with Gasteiger partial charge in [-0.15, -0.1) is 0 Å². The minimum Gasteiger partial charge on any atom is -0.469 e. The second kappa shape index (κ2) is 5.47. The highest BCUT2D eigenvalue weighted by Crippen LogP contribution is 2.34. The summed E-state index contributed by atoms with van der Waals surface area (Å²) >= 11 is 0. The molecule has 1 aliphatic rings. The van der Waals surface area contributed by atoms with Gasteiger partial charge in [-0.3, -0.25) is 4.79 Å². The number of rotatable bonds is 4. The Morgan fingerprint density at radius 3 is 2.53 bits per heavy atom. The third kappa shape index (κ3) is 3.80. The molecule has 0 radical (unpaired) electrons. The molecule has 1 saturated carbocycles. The molecule has 0 aliphatic heterocycles. The molecule has 0 aromatic heterocycles. The summed E-state index contributed by atoms with van der Waals surface area (Å²) < 4.78 is 9.91. The summed E-state index contributed by atoms with van der Waals surface area (Å²) in [7, 11) is 1.40. The number of hydrogen-bond donors (Lipinski definition) is 1. The Kier molecular flexibility index (Phi) is 4.54. The van der Waals surface area contributed by atoms with E-state index in [0.717, 1.165) is 12.8 Å². The van der Waals surface area contributed by atoms with Crippen LogP contribution in [-0.4, -0.2) is 30.6 Å². The Morgan fingerprint density at radius 2 is 2.07 bits per heavy atom. The van der Waals surface area contributed by atoms with Crippen molar-refractivity contribution in [1.29, 1.82) is 0 Å². The highest BCUT2D eigenvalue weighted by atomic mass is 16.6. The first-order valence-corrected chi connectivity index (χ1v) is 5.53. The molecule has 15 heavy (non-hydrogen) atoms. The second-order valence-corrected chi connectivity index (χ2v) is 4.10. The Balaban J connectivity index is 2.32. The van der Waals surface area contributed by atoms with Crippen molar-refractivity contribution in [3.8, 4) is 0 Å².